The van der Waals surface area contributed by atoms with E-state index >= 15 is 0 Å². The molecule has 18 heavy (non-hydrogen) atoms. The first-order valence-corrected chi connectivity index (χ1v) is 8.32. The van der Waals surface area contributed by atoms with E-state index in [1.165, 1.54) is 21.6 Å². The molecule has 0 unspecified atom stereocenters. The second kappa shape index (κ2) is 22.4. The number of carbonyl (C=O) groups is 2. The van der Waals surface area contributed by atoms with Gasteiger partial charge >= 0.3 is 11.9 Å². The van der Waals surface area contributed by atoms with Crippen molar-refractivity contribution in [2.75, 3.05) is 23.4 Å². The molecule has 110 valence electrons. The smallest absolute Gasteiger partial charge is 0.304 e. The van der Waals surface area contributed by atoms with Gasteiger partial charge in [0.25, 0.3) is 0 Å². The largest absolute Gasteiger partial charge is 0.481 e. The first-order chi connectivity index (χ1) is 8.45. The molecule has 0 aromatic carbocycles. The van der Waals surface area contributed by atoms with E-state index in [2.05, 4.69) is 25.3 Å². The average molecular weight is 338 g/mol. The number of aliphatic hydroxyl groups is 2. The number of aliphatic carboxylic acids is 2. The van der Waals surface area contributed by atoms with Gasteiger partial charge in [-0.2, -0.15) is 25.3 Å². The van der Waals surface area contributed by atoms with Crippen molar-refractivity contribution in [2.45, 2.75) is 12.8 Å². The molecule has 0 rings (SSSR count). The topological polar surface area (TPSA) is 115 Å². The Hall–Kier alpha value is 0.260. The predicted octanol–water partition coefficient (Wildman–Crippen LogP) is 1.05. The molecule has 0 radical (unpaired) electrons. The van der Waals surface area contributed by atoms with Gasteiger partial charge in [-0.25, -0.2) is 0 Å². The van der Waals surface area contributed by atoms with Gasteiger partial charge < -0.3 is 20.4 Å². The lowest BCUT2D eigenvalue weighted by molar-refractivity contribution is -0.137. The maximum atomic E-state index is 9.55. The summed E-state index contributed by atoms with van der Waals surface area (Å²) in [6.07, 6.45) is 0.312. The van der Waals surface area contributed by atoms with Gasteiger partial charge in [-0.15, -0.1) is 0 Å². The zero-order valence-corrected chi connectivity index (χ0v) is 13.0. The number of hydrogen-bond acceptors (Lipinski definition) is 8. The minimum absolute atomic E-state index is 0.0746. The minimum atomic E-state index is -0.787. The first kappa shape index (κ1) is 23.4. The molecule has 0 bridgehead atoms. The van der Waals surface area contributed by atoms with Gasteiger partial charge in [0.1, 0.15) is 0 Å². The number of rotatable bonds is 7. The fraction of sp³-hybridized carbons (Fsp3) is 0.750. The molecule has 0 spiro atoms. The first-order valence-electron chi connectivity index (χ1n) is 4.57. The molecular weight excluding hydrogens is 320 g/mol. The Bertz CT molecular complexity index is 172. The molecule has 0 aliphatic rings. The van der Waals surface area contributed by atoms with Crippen LogP contribution in [-0.2, 0) is 9.59 Å². The molecule has 0 atom stereocenters. The Labute approximate surface area is 125 Å². The van der Waals surface area contributed by atoms with Crippen LogP contribution in [0, 0.1) is 0 Å². The molecule has 0 aromatic heterocycles. The average Bonchev–Trinajstić information content (AvgIpc) is 2.27. The number of hydrogen-bond donors (Lipinski definition) is 6. The lowest BCUT2D eigenvalue weighted by Crippen LogP contribution is -1.93. The van der Waals surface area contributed by atoms with Gasteiger partial charge in [0.15, 0.2) is 0 Å². The van der Waals surface area contributed by atoms with Crippen LogP contribution in [0.1, 0.15) is 12.8 Å². The van der Waals surface area contributed by atoms with Crippen LogP contribution in [0.4, 0.5) is 0 Å². The molecule has 0 heterocycles. The van der Waals surface area contributed by atoms with E-state index in [9.17, 15) is 9.59 Å². The fourth-order valence-corrected chi connectivity index (χ4v) is 1.24. The normalized spacial score (nSPS) is 8.44. The highest BCUT2D eigenvalue weighted by Crippen LogP contribution is 2.16. The van der Waals surface area contributed by atoms with E-state index in [4.69, 9.17) is 20.4 Å². The van der Waals surface area contributed by atoms with Crippen LogP contribution in [0.5, 0.6) is 0 Å². The molecule has 4 N–H and O–H groups in total. The van der Waals surface area contributed by atoms with Crippen LogP contribution in [0.15, 0.2) is 0 Å². The number of thiol groups is 2. The third-order valence-corrected chi connectivity index (χ3v) is 2.80. The van der Waals surface area contributed by atoms with Crippen LogP contribution >= 0.6 is 46.8 Å². The highest BCUT2D eigenvalue weighted by molar-refractivity contribution is 8.76. The van der Waals surface area contributed by atoms with Gasteiger partial charge in [0.2, 0.25) is 0 Å². The van der Waals surface area contributed by atoms with Gasteiger partial charge in [-0.1, -0.05) is 21.6 Å². The van der Waals surface area contributed by atoms with E-state index in [1.54, 1.807) is 0 Å². The van der Waals surface area contributed by atoms with E-state index in [1.807, 2.05) is 0 Å². The van der Waals surface area contributed by atoms with Crippen LogP contribution in [0.3, 0.4) is 0 Å². The van der Waals surface area contributed by atoms with Gasteiger partial charge in [0, 0.05) is 11.5 Å². The second-order valence-electron chi connectivity index (χ2n) is 2.23. The maximum absolute atomic E-state index is 9.55. The van der Waals surface area contributed by atoms with E-state index in [0.717, 1.165) is 0 Å². The van der Waals surface area contributed by atoms with E-state index in [0.29, 0.717) is 11.5 Å². The summed E-state index contributed by atoms with van der Waals surface area (Å²) in [5.74, 6) is -0.573. The summed E-state index contributed by atoms with van der Waals surface area (Å²) in [6.45, 7) is 0. The second-order valence-corrected chi connectivity index (χ2v) is 5.53. The number of carboxylic acids is 2. The SMILES string of the molecule is O=C(O)CCS.O=C(O)CCS.OCSSCO. The quantitative estimate of drug-likeness (QED) is 0.177. The molecule has 0 fully saturated rings. The van der Waals surface area contributed by atoms with Crippen LogP contribution < -0.4 is 0 Å². The predicted molar refractivity (Wildman–Crippen MR) is 81.6 cm³/mol. The molecular formula is C8H18O6S4. The molecule has 0 saturated carbocycles. The molecule has 0 amide bonds. The van der Waals surface area contributed by atoms with Crippen LogP contribution in [0.25, 0.3) is 0 Å². The summed E-state index contributed by atoms with van der Waals surface area (Å²) in [5, 5.41) is 31.8. The van der Waals surface area contributed by atoms with Crippen molar-refractivity contribution in [3.05, 3.63) is 0 Å². The number of aliphatic hydroxyl groups excluding tert-OH is 2. The molecule has 0 saturated heterocycles. The third-order valence-electron chi connectivity index (χ3n) is 0.840. The van der Waals surface area contributed by atoms with Crippen LogP contribution in [-0.4, -0.2) is 55.7 Å². The summed E-state index contributed by atoms with van der Waals surface area (Å²) in [4.78, 5) is 19.1. The molecule has 0 aliphatic carbocycles. The van der Waals surface area contributed by atoms with Crippen molar-refractivity contribution in [2.24, 2.45) is 0 Å². The Kier molecular flexibility index (Phi) is 29.1. The Morgan fingerprint density at radius 1 is 0.833 bits per heavy atom. The number of carboxylic acid groups (broad SMARTS) is 2. The lowest BCUT2D eigenvalue weighted by Gasteiger charge is -1.85. The van der Waals surface area contributed by atoms with Crippen molar-refractivity contribution in [1.29, 1.82) is 0 Å². The zero-order chi connectivity index (χ0) is 14.8. The molecule has 0 aliphatic heterocycles. The van der Waals surface area contributed by atoms with Crippen molar-refractivity contribution in [3.63, 3.8) is 0 Å². The highest BCUT2D eigenvalue weighted by atomic mass is 33.1. The monoisotopic (exact) mass is 338 g/mol. The summed E-state index contributed by atoms with van der Waals surface area (Å²) >= 11 is 7.36. The third kappa shape index (κ3) is 44.2. The van der Waals surface area contributed by atoms with Crippen molar-refractivity contribution in [3.8, 4) is 0 Å². The molecule has 0 aromatic rings. The van der Waals surface area contributed by atoms with E-state index in [-0.39, 0.29) is 24.7 Å². The summed E-state index contributed by atoms with van der Waals surface area (Å²) < 4.78 is 0. The summed E-state index contributed by atoms with van der Waals surface area (Å²) in [7, 11) is 2.46. The van der Waals surface area contributed by atoms with Crippen molar-refractivity contribution >= 4 is 58.8 Å². The lowest BCUT2D eigenvalue weighted by atomic mass is 10.5. The summed E-state index contributed by atoms with van der Waals surface area (Å²) in [5.41, 5.74) is 0. The Balaban J connectivity index is -0.000000187. The molecule has 10 heteroatoms. The standard InChI is InChI=1S/2C3H6O2S.C2H6O2S2/c2*4-3(5)1-2-6;3-1-5-6-2-4/h2*6H,1-2H2,(H,4,5);3-4H,1-2H2. The van der Waals surface area contributed by atoms with Gasteiger partial charge in [-0.05, 0) is 0 Å². The maximum Gasteiger partial charge on any atom is 0.304 e. The fourth-order valence-electron chi connectivity index (χ4n) is 0.266. The Morgan fingerprint density at radius 3 is 1.17 bits per heavy atom. The van der Waals surface area contributed by atoms with Crippen LogP contribution in [0.2, 0.25) is 0 Å². The summed E-state index contributed by atoms with van der Waals surface area (Å²) in [6, 6.07) is 0. The minimum Gasteiger partial charge on any atom is -0.481 e. The van der Waals surface area contributed by atoms with Crippen molar-refractivity contribution in [1.82, 2.24) is 0 Å². The zero-order valence-electron chi connectivity index (χ0n) is 9.56. The molecule has 6 nitrogen and oxygen atoms in total. The van der Waals surface area contributed by atoms with Gasteiger partial charge in [-0.3, -0.25) is 9.59 Å². The van der Waals surface area contributed by atoms with E-state index < -0.39 is 11.9 Å². The van der Waals surface area contributed by atoms with Gasteiger partial charge in [0.05, 0.1) is 24.7 Å². The van der Waals surface area contributed by atoms with Crippen molar-refractivity contribution < 1.29 is 30.0 Å². The highest BCUT2D eigenvalue weighted by Gasteiger charge is 1.88. The Morgan fingerprint density at radius 2 is 1.11 bits per heavy atom.